The zero-order valence-corrected chi connectivity index (χ0v) is 21.8. The molecule has 0 unspecified atom stereocenters. The number of methoxy groups -OCH3 is 1. The number of unbranched alkanes of at least 4 members (excludes halogenated alkanes) is 1. The molecule has 1 aliphatic heterocycles. The van der Waals surface area contributed by atoms with Crippen LogP contribution in [-0.2, 0) is 28.6 Å². The number of carbonyl (C=O) groups excluding carboxylic acids is 3. The monoisotopic (exact) mass is 499 g/mol. The van der Waals surface area contributed by atoms with Crippen LogP contribution in [0.2, 0.25) is 0 Å². The van der Waals surface area contributed by atoms with Gasteiger partial charge < -0.3 is 24.3 Å². The van der Waals surface area contributed by atoms with Gasteiger partial charge in [0.15, 0.2) is 5.78 Å². The third-order valence-electron chi connectivity index (χ3n) is 6.61. The molecule has 1 aromatic carbocycles. The van der Waals surface area contributed by atoms with Gasteiger partial charge in [-0.1, -0.05) is 38.5 Å². The molecule has 0 aromatic heterocycles. The first-order valence-electron chi connectivity index (χ1n) is 12.6. The number of Topliss-reactive ketones (excluding diaryl/α,β-unsaturated/α-hetero) is 1. The minimum absolute atomic E-state index is 0.0898. The molecule has 0 spiro atoms. The average Bonchev–Trinajstić information content (AvgIpc) is 2.86. The highest BCUT2D eigenvalue weighted by molar-refractivity contribution is 6.12. The molecule has 8 nitrogen and oxygen atoms in total. The Kier molecular flexibility index (Phi) is 9.70. The van der Waals surface area contributed by atoms with Gasteiger partial charge in [-0.05, 0) is 38.7 Å². The lowest BCUT2D eigenvalue weighted by Gasteiger charge is -2.38. The minimum atomic E-state index is -0.945. The first-order valence-corrected chi connectivity index (χ1v) is 12.6. The molecular weight excluding hydrogens is 462 g/mol. The Morgan fingerprint density at radius 1 is 1.11 bits per heavy atom. The first kappa shape index (κ1) is 27.5. The van der Waals surface area contributed by atoms with Gasteiger partial charge in [-0.15, -0.1) is 0 Å². The van der Waals surface area contributed by atoms with E-state index in [1.807, 2.05) is 38.1 Å². The number of hydrogen-bond acceptors (Lipinski definition) is 8. The molecule has 3 atom stereocenters. The molecule has 1 aliphatic carbocycles. The number of benzene rings is 1. The van der Waals surface area contributed by atoms with E-state index in [0.717, 1.165) is 12.8 Å². The van der Waals surface area contributed by atoms with Crippen molar-refractivity contribution in [1.29, 1.82) is 0 Å². The van der Waals surface area contributed by atoms with Gasteiger partial charge in [0.2, 0.25) is 0 Å². The van der Waals surface area contributed by atoms with Crippen LogP contribution < -0.4 is 10.1 Å². The Bertz CT molecular complexity index is 1040. The van der Waals surface area contributed by atoms with E-state index in [-0.39, 0.29) is 24.9 Å². The Hall–Kier alpha value is -3.13. The second kappa shape index (κ2) is 12.7. The van der Waals surface area contributed by atoms with E-state index in [1.54, 1.807) is 6.92 Å². The molecule has 1 heterocycles. The number of nitrogens with one attached hydrogen (secondary N) is 1. The lowest BCUT2D eigenvalue weighted by Crippen LogP contribution is -2.43. The van der Waals surface area contributed by atoms with Crippen molar-refractivity contribution in [2.24, 2.45) is 11.8 Å². The first-order chi connectivity index (χ1) is 17.3. The molecule has 0 amide bonds. The van der Waals surface area contributed by atoms with Crippen molar-refractivity contribution < 1.29 is 33.3 Å². The van der Waals surface area contributed by atoms with E-state index >= 15 is 0 Å². The van der Waals surface area contributed by atoms with Crippen LogP contribution in [-0.4, -0.2) is 51.3 Å². The fraction of sp³-hybridized carbons (Fsp3) is 0.536. The molecule has 8 heteroatoms. The number of ketones is 1. The molecular formula is C28H37NO7. The van der Waals surface area contributed by atoms with Crippen molar-refractivity contribution in [3.05, 3.63) is 52.4 Å². The van der Waals surface area contributed by atoms with Crippen molar-refractivity contribution in [2.75, 3.05) is 33.5 Å². The molecule has 0 radical (unpaired) electrons. The maximum absolute atomic E-state index is 13.9. The van der Waals surface area contributed by atoms with Gasteiger partial charge in [0.1, 0.15) is 18.3 Å². The summed E-state index contributed by atoms with van der Waals surface area (Å²) in [6.45, 7) is 9.00. The van der Waals surface area contributed by atoms with Crippen molar-refractivity contribution in [3.8, 4) is 5.75 Å². The Balaban J connectivity index is 2.11. The summed E-state index contributed by atoms with van der Waals surface area (Å²) in [4.78, 5) is 39.9. The number of dihydropyridines is 1. The summed E-state index contributed by atoms with van der Waals surface area (Å²) >= 11 is 0. The molecule has 3 rings (SSSR count). The fourth-order valence-corrected chi connectivity index (χ4v) is 4.85. The van der Waals surface area contributed by atoms with E-state index < -0.39 is 23.8 Å². The second-order valence-electron chi connectivity index (χ2n) is 9.11. The molecule has 196 valence electrons. The predicted octanol–water partition coefficient (Wildman–Crippen LogP) is 4.06. The van der Waals surface area contributed by atoms with Crippen LogP contribution in [0, 0.1) is 11.8 Å². The van der Waals surface area contributed by atoms with Crippen LogP contribution in [0.1, 0.15) is 58.4 Å². The van der Waals surface area contributed by atoms with Gasteiger partial charge in [0.05, 0.1) is 31.8 Å². The number of allylic oxidation sites excluding steroid dienone is 3. The number of ether oxygens (including phenoxy) is 4. The number of carbonyl (C=O) groups is 3. The van der Waals surface area contributed by atoms with Gasteiger partial charge in [0.25, 0.3) is 0 Å². The summed E-state index contributed by atoms with van der Waals surface area (Å²) < 4.78 is 21.9. The highest BCUT2D eigenvalue weighted by atomic mass is 16.6. The van der Waals surface area contributed by atoms with Gasteiger partial charge in [0, 0.05) is 29.1 Å². The van der Waals surface area contributed by atoms with Crippen LogP contribution in [0.4, 0.5) is 0 Å². The van der Waals surface area contributed by atoms with E-state index in [1.165, 1.54) is 7.11 Å². The Labute approximate surface area is 213 Å². The van der Waals surface area contributed by atoms with E-state index in [4.69, 9.17) is 18.9 Å². The summed E-state index contributed by atoms with van der Waals surface area (Å²) in [6, 6.07) is 7.42. The van der Waals surface area contributed by atoms with Gasteiger partial charge >= 0.3 is 11.9 Å². The molecule has 0 bridgehead atoms. The lowest BCUT2D eigenvalue weighted by atomic mass is 9.69. The molecule has 36 heavy (non-hydrogen) atoms. The molecule has 0 saturated heterocycles. The number of esters is 2. The zero-order chi connectivity index (χ0) is 26.2. The topological polar surface area (TPSA) is 100 Å². The maximum atomic E-state index is 13.9. The summed E-state index contributed by atoms with van der Waals surface area (Å²) in [5.74, 6) is -2.80. The molecule has 1 N–H and O–H groups in total. The normalized spacial score (nSPS) is 21.6. The molecule has 0 saturated carbocycles. The predicted molar refractivity (Wildman–Crippen MR) is 134 cm³/mol. The largest absolute Gasteiger partial charge is 0.493 e. The van der Waals surface area contributed by atoms with Crippen LogP contribution in [0.25, 0.3) is 0 Å². The van der Waals surface area contributed by atoms with Crippen LogP contribution in [0.15, 0.2) is 46.8 Å². The third kappa shape index (κ3) is 5.81. The zero-order valence-electron chi connectivity index (χ0n) is 21.8. The quantitative estimate of drug-likeness (QED) is 0.276. The summed E-state index contributed by atoms with van der Waals surface area (Å²) in [7, 11) is 1.28. The maximum Gasteiger partial charge on any atom is 0.336 e. The minimum Gasteiger partial charge on any atom is -0.493 e. The van der Waals surface area contributed by atoms with E-state index in [2.05, 4.69) is 12.2 Å². The highest BCUT2D eigenvalue weighted by Gasteiger charge is 2.47. The highest BCUT2D eigenvalue weighted by Crippen LogP contribution is 2.47. The van der Waals surface area contributed by atoms with Gasteiger partial charge in [-0.3, -0.25) is 9.59 Å². The van der Waals surface area contributed by atoms with Gasteiger partial charge in [-0.2, -0.15) is 0 Å². The van der Waals surface area contributed by atoms with Gasteiger partial charge in [-0.25, -0.2) is 4.79 Å². The Morgan fingerprint density at radius 3 is 2.56 bits per heavy atom. The number of hydrogen-bond donors (Lipinski definition) is 1. The fourth-order valence-electron chi connectivity index (χ4n) is 4.85. The van der Waals surface area contributed by atoms with Crippen molar-refractivity contribution in [2.45, 2.75) is 52.9 Å². The van der Waals surface area contributed by atoms with Crippen LogP contribution >= 0.6 is 0 Å². The molecule has 1 aromatic rings. The summed E-state index contributed by atoms with van der Waals surface area (Å²) in [6.07, 6.45) is 2.31. The average molecular weight is 500 g/mol. The van der Waals surface area contributed by atoms with E-state index in [9.17, 15) is 14.4 Å². The standard InChI is InChI=1S/C28H37NO7/c1-6-8-13-35-21-12-10-9-11-19(21)24-23(28(32)36-15-14-34-7-2)18(4)29-20-16-17(3)22(27(31)33-5)26(30)25(20)24/h9-12,17,22,24,29H,6-8,13-16H2,1-5H3/t17-,22-,24+/m0/s1. The van der Waals surface area contributed by atoms with Crippen LogP contribution in [0.5, 0.6) is 5.75 Å². The summed E-state index contributed by atoms with van der Waals surface area (Å²) in [5, 5.41) is 3.27. The van der Waals surface area contributed by atoms with Crippen molar-refractivity contribution >= 4 is 17.7 Å². The smallest absolute Gasteiger partial charge is 0.336 e. The summed E-state index contributed by atoms with van der Waals surface area (Å²) in [5.41, 5.74) is 2.72. The molecule has 0 fully saturated rings. The van der Waals surface area contributed by atoms with Crippen LogP contribution in [0.3, 0.4) is 0 Å². The second-order valence-corrected chi connectivity index (χ2v) is 9.11. The van der Waals surface area contributed by atoms with Crippen molar-refractivity contribution in [3.63, 3.8) is 0 Å². The van der Waals surface area contributed by atoms with E-state index in [0.29, 0.717) is 53.5 Å². The lowest BCUT2D eigenvalue weighted by molar-refractivity contribution is -0.151. The molecule has 2 aliphatic rings. The number of para-hydroxylation sites is 1. The van der Waals surface area contributed by atoms with Crippen molar-refractivity contribution in [1.82, 2.24) is 5.32 Å². The third-order valence-corrected chi connectivity index (χ3v) is 6.61. The number of rotatable bonds is 11. The Morgan fingerprint density at radius 2 is 1.86 bits per heavy atom. The SMILES string of the molecule is CCCCOc1ccccc1[C@@H]1C(C(=O)OCCOCC)=C(C)NC2=C1C(=O)[C@@H](C(=O)OC)[C@@H](C)C2.